The second-order valence-corrected chi connectivity index (χ2v) is 6.40. The molecular formula is C15H29IN4O2. The van der Waals surface area contributed by atoms with E-state index in [4.69, 9.17) is 9.47 Å². The fourth-order valence-electron chi connectivity index (χ4n) is 3.57. The van der Waals surface area contributed by atoms with Gasteiger partial charge in [-0.3, -0.25) is 9.89 Å². The zero-order chi connectivity index (χ0) is 14.5. The summed E-state index contributed by atoms with van der Waals surface area (Å²) in [6.45, 7) is 9.87. The molecule has 7 heteroatoms. The fraction of sp³-hybridized carbons (Fsp3) is 0.933. The molecule has 128 valence electrons. The van der Waals surface area contributed by atoms with Crippen LogP contribution in [0, 0.1) is 5.41 Å². The van der Waals surface area contributed by atoms with Crippen LogP contribution in [0.5, 0.6) is 0 Å². The Morgan fingerprint density at radius 1 is 1.14 bits per heavy atom. The molecule has 3 heterocycles. The Morgan fingerprint density at radius 2 is 1.95 bits per heavy atom. The van der Waals surface area contributed by atoms with Crippen LogP contribution in [0.4, 0.5) is 0 Å². The van der Waals surface area contributed by atoms with Crippen molar-refractivity contribution in [3.8, 4) is 0 Å². The van der Waals surface area contributed by atoms with E-state index in [-0.39, 0.29) is 24.0 Å². The maximum atomic E-state index is 5.60. The summed E-state index contributed by atoms with van der Waals surface area (Å²) in [6.07, 6.45) is 2.44. The van der Waals surface area contributed by atoms with Crippen LogP contribution < -0.4 is 5.32 Å². The highest BCUT2D eigenvalue weighted by molar-refractivity contribution is 14.0. The van der Waals surface area contributed by atoms with Crippen LogP contribution in [-0.4, -0.2) is 88.5 Å². The van der Waals surface area contributed by atoms with Crippen molar-refractivity contribution in [2.75, 3.05) is 72.7 Å². The minimum atomic E-state index is 0. The van der Waals surface area contributed by atoms with Crippen molar-refractivity contribution in [1.82, 2.24) is 15.1 Å². The van der Waals surface area contributed by atoms with Crippen LogP contribution in [0.2, 0.25) is 0 Å². The highest BCUT2D eigenvalue weighted by Gasteiger charge is 2.42. The highest BCUT2D eigenvalue weighted by atomic mass is 127. The lowest BCUT2D eigenvalue weighted by Gasteiger charge is -2.28. The Bertz CT molecular complexity index is 369. The summed E-state index contributed by atoms with van der Waals surface area (Å²) in [4.78, 5) is 9.30. The molecule has 3 saturated heterocycles. The maximum absolute atomic E-state index is 5.60. The van der Waals surface area contributed by atoms with Crippen LogP contribution >= 0.6 is 24.0 Å². The normalized spacial score (nSPS) is 29.9. The van der Waals surface area contributed by atoms with Gasteiger partial charge in [0.15, 0.2) is 5.96 Å². The quantitative estimate of drug-likeness (QED) is 0.409. The molecule has 1 spiro atoms. The molecule has 1 N–H and O–H groups in total. The molecule has 1 atom stereocenters. The maximum Gasteiger partial charge on any atom is 0.193 e. The van der Waals surface area contributed by atoms with Crippen LogP contribution in [0.3, 0.4) is 0 Å². The highest BCUT2D eigenvalue weighted by Crippen LogP contribution is 2.38. The molecule has 0 aromatic carbocycles. The molecule has 0 bridgehead atoms. The molecule has 0 amide bonds. The van der Waals surface area contributed by atoms with E-state index in [1.54, 1.807) is 0 Å². The zero-order valence-electron chi connectivity index (χ0n) is 13.6. The number of nitrogens with one attached hydrogen (secondary N) is 1. The molecule has 6 nitrogen and oxygen atoms in total. The summed E-state index contributed by atoms with van der Waals surface area (Å²) in [5.41, 5.74) is 0.391. The van der Waals surface area contributed by atoms with E-state index in [0.29, 0.717) is 5.41 Å². The third-order valence-electron chi connectivity index (χ3n) is 4.95. The van der Waals surface area contributed by atoms with E-state index in [1.165, 1.54) is 12.8 Å². The topological polar surface area (TPSA) is 49.3 Å². The average molecular weight is 424 g/mol. The van der Waals surface area contributed by atoms with Crippen LogP contribution in [0.25, 0.3) is 0 Å². The van der Waals surface area contributed by atoms with E-state index in [0.717, 1.165) is 71.7 Å². The van der Waals surface area contributed by atoms with Gasteiger partial charge in [-0.15, -0.1) is 24.0 Å². The molecule has 0 saturated carbocycles. The average Bonchev–Trinajstić information content (AvgIpc) is 3.15. The standard InChI is InChI=1S/C15H28N4O2.HI/c1-16-14(17-4-6-18-7-10-20-11-8-18)19-5-2-15(12-19)3-9-21-13-15;/h2-13H2,1H3,(H,16,17);1H. The molecule has 3 rings (SSSR count). The van der Waals surface area contributed by atoms with Gasteiger partial charge in [0.05, 0.1) is 19.8 Å². The minimum absolute atomic E-state index is 0. The molecule has 3 fully saturated rings. The summed E-state index contributed by atoms with van der Waals surface area (Å²) in [6, 6.07) is 0. The molecular weight excluding hydrogens is 395 g/mol. The predicted molar refractivity (Wildman–Crippen MR) is 98.1 cm³/mol. The van der Waals surface area contributed by atoms with E-state index in [9.17, 15) is 0 Å². The molecule has 0 radical (unpaired) electrons. The Balaban J connectivity index is 0.00000176. The van der Waals surface area contributed by atoms with E-state index < -0.39 is 0 Å². The van der Waals surface area contributed by atoms with Crippen LogP contribution in [0.15, 0.2) is 4.99 Å². The van der Waals surface area contributed by atoms with Crippen LogP contribution in [-0.2, 0) is 9.47 Å². The van der Waals surface area contributed by atoms with Crippen molar-refractivity contribution < 1.29 is 9.47 Å². The summed E-state index contributed by atoms with van der Waals surface area (Å²) in [7, 11) is 1.88. The summed E-state index contributed by atoms with van der Waals surface area (Å²) < 4.78 is 11.0. The Hall–Kier alpha value is -0.120. The third-order valence-corrected chi connectivity index (χ3v) is 4.95. The van der Waals surface area contributed by atoms with Gasteiger partial charge in [-0.05, 0) is 12.8 Å². The predicted octanol–water partition coefficient (Wildman–Crippen LogP) is 0.624. The second kappa shape index (κ2) is 8.65. The first kappa shape index (κ1) is 18.2. The minimum Gasteiger partial charge on any atom is -0.381 e. The first-order valence-corrected chi connectivity index (χ1v) is 8.15. The van der Waals surface area contributed by atoms with Crippen molar-refractivity contribution in [2.45, 2.75) is 12.8 Å². The van der Waals surface area contributed by atoms with Gasteiger partial charge >= 0.3 is 0 Å². The van der Waals surface area contributed by atoms with Crippen molar-refractivity contribution >= 4 is 29.9 Å². The van der Waals surface area contributed by atoms with Gasteiger partial charge in [0.25, 0.3) is 0 Å². The lowest BCUT2D eigenvalue weighted by atomic mass is 9.87. The monoisotopic (exact) mass is 424 g/mol. The van der Waals surface area contributed by atoms with Gasteiger partial charge in [-0.25, -0.2) is 0 Å². The van der Waals surface area contributed by atoms with Gasteiger partial charge < -0.3 is 19.7 Å². The number of likely N-dealkylation sites (tertiary alicyclic amines) is 1. The number of nitrogens with zero attached hydrogens (tertiary/aromatic N) is 3. The first-order valence-electron chi connectivity index (χ1n) is 8.15. The van der Waals surface area contributed by atoms with Gasteiger partial charge in [0.2, 0.25) is 0 Å². The van der Waals surface area contributed by atoms with Crippen molar-refractivity contribution in [3.63, 3.8) is 0 Å². The lowest BCUT2D eigenvalue weighted by molar-refractivity contribution is 0.0388. The largest absolute Gasteiger partial charge is 0.381 e. The number of hydrogen-bond donors (Lipinski definition) is 1. The molecule has 0 aromatic rings. The molecule has 3 aliphatic rings. The second-order valence-electron chi connectivity index (χ2n) is 6.40. The lowest BCUT2D eigenvalue weighted by Crippen LogP contribution is -2.46. The SMILES string of the molecule is CN=C(NCCN1CCOCC1)N1CCC2(CCOC2)C1.I. The fourth-order valence-corrected chi connectivity index (χ4v) is 3.57. The number of ether oxygens (including phenoxy) is 2. The number of hydrogen-bond acceptors (Lipinski definition) is 4. The number of guanidine groups is 1. The number of morpholine rings is 1. The Morgan fingerprint density at radius 3 is 2.64 bits per heavy atom. The van der Waals surface area contributed by atoms with Gasteiger partial charge in [-0.1, -0.05) is 0 Å². The zero-order valence-corrected chi connectivity index (χ0v) is 15.9. The number of aliphatic imine (C=N–C) groups is 1. The molecule has 0 aliphatic carbocycles. The number of rotatable bonds is 3. The smallest absolute Gasteiger partial charge is 0.193 e. The van der Waals surface area contributed by atoms with Crippen molar-refractivity contribution in [1.29, 1.82) is 0 Å². The Kier molecular flexibility index (Phi) is 7.17. The van der Waals surface area contributed by atoms with Crippen molar-refractivity contribution in [3.05, 3.63) is 0 Å². The number of halogens is 1. The molecule has 22 heavy (non-hydrogen) atoms. The summed E-state index contributed by atoms with van der Waals surface area (Å²) >= 11 is 0. The van der Waals surface area contributed by atoms with E-state index in [2.05, 4.69) is 20.1 Å². The first-order chi connectivity index (χ1) is 10.3. The molecule has 1 unspecified atom stereocenters. The van der Waals surface area contributed by atoms with Crippen molar-refractivity contribution in [2.24, 2.45) is 10.4 Å². The van der Waals surface area contributed by atoms with Gasteiger partial charge in [-0.2, -0.15) is 0 Å². The Labute approximate surface area is 150 Å². The summed E-state index contributed by atoms with van der Waals surface area (Å²) in [5, 5.41) is 3.52. The third kappa shape index (κ3) is 4.46. The molecule has 3 aliphatic heterocycles. The van der Waals surface area contributed by atoms with Gasteiger partial charge in [0.1, 0.15) is 0 Å². The molecule has 0 aromatic heterocycles. The van der Waals surface area contributed by atoms with E-state index in [1.807, 2.05) is 7.05 Å². The van der Waals surface area contributed by atoms with E-state index >= 15 is 0 Å². The summed E-state index contributed by atoms with van der Waals surface area (Å²) in [5.74, 6) is 1.05. The van der Waals surface area contributed by atoms with Gasteiger partial charge in [0, 0.05) is 58.3 Å². The van der Waals surface area contributed by atoms with Crippen LogP contribution in [0.1, 0.15) is 12.8 Å².